The van der Waals surface area contributed by atoms with Gasteiger partial charge >= 0.3 is 0 Å². The highest BCUT2D eigenvalue weighted by molar-refractivity contribution is 5.80. The van der Waals surface area contributed by atoms with Crippen molar-refractivity contribution in [3.05, 3.63) is 0 Å². The molecule has 1 saturated carbocycles. The maximum absolute atomic E-state index is 12.0. The fourth-order valence-corrected chi connectivity index (χ4v) is 2.91. The number of amides is 1. The molecule has 0 bridgehead atoms. The van der Waals surface area contributed by atoms with E-state index in [4.69, 9.17) is 15.2 Å². The van der Waals surface area contributed by atoms with Crippen LogP contribution in [0.4, 0.5) is 0 Å². The van der Waals surface area contributed by atoms with Gasteiger partial charge in [0, 0.05) is 12.6 Å². The Balaban J connectivity index is 1.69. The zero-order valence-corrected chi connectivity index (χ0v) is 11.8. The van der Waals surface area contributed by atoms with E-state index in [1.807, 2.05) is 0 Å². The number of nitrogens with two attached hydrogens (primary N) is 1. The first-order valence-corrected chi connectivity index (χ1v) is 7.44. The molecule has 5 nitrogen and oxygen atoms in total. The molecule has 1 heterocycles. The molecule has 0 spiro atoms. The van der Waals surface area contributed by atoms with Gasteiger partial charge in [-0.1, -0.05) is 6.42 Å². The van der Waals surface area contributed by atoms with Crippen LogP contribution in [0.25, 0.3) is 0 Å². The third-order valence-electron chi connectivity index (χ3n) is 4.21. The van der Waals surface area contributed by atoms with Crippen LogP contribution in [0.5, 0.6) is 0 Å². The Morgan fingerprint density at radius 1 is 1.42 bits per heavy atom. The Hall–Kier alpha value is -0.650. The van der Waals surface area contributed by atoms with Crippen LogP contribution >= 0.6 is 0 Å². The van der Waals surface area contributed by atoms with Crippen LogP contribution in [0.1, 0.15) is 39.0 Å². The van der Waals surface area contributed by atoms with Crippen LogP contribution in [-0.4, -0.2) is 43.9 Å². The molecule has 2 fully saturated rings. The average molecular weight is 270 g/mol. The highest BCUT2D eigenvalue weighted by Crippen LogP contribution is 2.24. The summed E-state index contributed by atoms with van der Waals surface area (Å²) in [6.07, 6.45) is 5.18. The first-order valence-electron chi connectivity index (χ1n) is 7.44. The van der Waals surface area contributed by atoms with Gasteiger partial charge in [-0.3, -0.25) is 4.79 Å². The SMILES string of the molecule is CC(OCC1CCCO1)C(=O)NC1CCCC1CN. The summed E-state index contributed by atoms with van der Waals surface area (Å²) < 4.78 is 11.1. The topological polar surface area (TPSA) is 73.6 Å². The summed E-state index contributed by atoms with van der Waals surface area (Å²) in [6.45, 7) is 3.78. The summed E-state index contributed by atoms with van der Waals surface area (Å²) in [5.41, 5.74) is 5.72. The zero-order chi connectivity index (χ0) is 13.7. The second-order valence-corrected chi connectivity index (χ2v) is 5.65. The molecule has 1 saturated heterocycles. The van der Waals surface area contributed by atoms with Crippen molar-refractivity contribution in [3.8, 4) is 0 Å². The van der Waals surface area contributed by atoms with Crippen LogP contribution < -0.4 is 11.1 Å². The van der Waals surface area contributed by atoms with Crippen LogP contribution in [0, 0.1) is 5.92 Å². The van der Waals surface area contributed by atoms with Crippen molar-refractivity contribution >= 4 is 5.91 Å². The first-order chi connectivity index (χ1) is 9.20. The normalized spacial score (nSPS) is 32.4. The van der Waals surface area contributed by atoms with Gasteiger partial charge in [0.2, 0.25) is 5.91 Å². The van der Waals surface area contributed by atoms with E-state index in [-0.39, 0.29) is 18.1 Å². The Bertz CT molecular complexity index is 292. The molecule has 1 aliphatic carbocycles. The van der Waals surface area contributed by atoms with E-state index < -0.39 is 6.10 Å². The average Bonchev–Trinajstić information content (AvgIpc) is 3.06. The Morgan fingerprint density at radius 3 is 2.95 bits per heavy atom. The van der Waals surface area contributed by atoms with Crippen LogP contribution in [0.15, 0.2) is 0 Å². The molecule has 1 amide bonds. The summed E-state index contributed by atoms with van der Waals surface area (Å²) >= 11 is 0. The highest BCUT2D eigenvalue weighted by atomic mass is 16.5. The van der Waals surface area contributed by atoms with Gasteiger partial charge in [0.05, 0.1) is 12.7 Å². The minimum atomic E-state index is -0.414. The molecule has 4 unspecified atom stereocenters. The van der Waals surface area contributed by atoms with Crippen LogP contribution in [-0.2, 0) is 14.3 Å². The van der Waals surface area contributed by atoms with Gasteiger partial charge in [0.25, 0.3) is 0 Å². The van der Waals surface area contributed by atoms with E-state index in [0.29, 0.717) is 19.1 Å². The van der Waals surface area contributed by atoms with Gasteiger partial charge in [-0.25, -0.2) is 0 Å². The zero-order valence-electron chi connectivity index (χ0n) is 11.8. The standard InChI is InChI=1S/C14H26N2O3/c1-10(19-9-12-5-3-7-18-12)14(17)16-13-6-2-4-11(13)8-15/h10-13H,2-9,15H2,1H3,(H,16,17). The van der Waals surface area contributed by atoms with E-state index in [2.05, 4.69) is 5.32 Å². The van der Waals surface area contributed by atoms with Gasteiger partial charge in [0.1, 0.15) is 6.10 Å². The van der Waals surface area contributed by atoms with Gasteiger partial charge in [0.15, 0.2) is 0 Å². The monoisotopic (exact) mass is 270 g/mol. The molecule has 0 aromatic heterocycles. The summed E-state index contributed by atoms with van der Waals surface area (Å²) in [5, 5.41) is 3.07. The van der Waals surface area contributed by atoms with E-state index in [1.165, 1.54) is 0 Å². The predicted octanol–water partition coefficient (Wildman–Crippen LogP) is 0.814. The lowest BCUT2D eigenvalue weighted by molar-refractivity contribution is -0.134. The summed E-state index contributed by atoms with van der Waals surface area (Å²) in [5.74, 6) is 0.401. The second-order valence-electron chi connectivity index (χ2n) is 5.65. The van der Waals surface area contributed by atoms with E-state index in [9.17, 15) is 4.79 Å². The molecule has 3 N–H and O–H groups in total. The predicted molar refractivity (Wildman–Crippen MR) is 72.7 cm³/mol. The molecule has 4 atom stereocenters. The lowest BCUT2D eigenvalue weighted by Crippen LogP contribution is -2.45. The molecular weight excluding hydrogens is 244 g/mol. The maximum Gasteiger partial charge on any atom is 0.249 e. The van der Waals surface area contributed by atoms with Gasteiger partial charge < -0.3 is 20.5 Å². The molecule has 110 valence electrons. The van der Waals surface area contributed by atoms with Crippen LogP contribution in [0.2, 0.25) is 0 Å². The maximum atomic E-state index is 12.0. The summed E-state index contributed by atoms with van der Waals surface area (Å²) in [6, 6.07) is 0.228. The van der Waals surface area contributed by atoms with Gasteiger partial charge in [-0.05, 0) is 45.1 Å². The molecule has 1 aliphatic heterocycles. The van der Waals surface area contributed by atoms with Crippen molar-refractivity contribution in [2.24, 2.45) is 11.7 Å². The van der Waals surface area contributed by atoms with Crippen molar-refractivity contribution in [2.45, 2.75) is 57.3 Å². The third-order valence-corrected chi connectivity index (χ3v) is 4.21. The Morgan fingerprint density at radius 2 is 2.26 bits per heavy atom. The van der Waals surface area contributed by atoms with E-state index in [0.717, 1.165) is 38.7 Å². The minimum absolute atomic E-state index is 0.0247. The number of carbonyl (C=O) groups is 1. The van der Waals surface area contributed by atoms with Crippen LogP contribution in [0.3, 0.4) is 0 Å². The lowest BCUT2D eigenvalue weighted by Gasteiger charge is -2.22. The van der Waals surface area contributed by atoms with Crippen molar-refractivity contribution in [1.29, 1.82) is 0 Å². The van der Waals surface area contributed by atoms with Crippen molar-refractivity contribution in [1.82, 2.24) is 5.32 Å². The van der Waals surface area contributed by atoms with Crippen molar-refractivity contribution in [2.75, 3.05) is 19.8 Å². The number of rotatable bonds is 6. The molecule has 0 aromatic carbocycles. The molecule has 2 aliphatic rings. The number of nitrogens with one attached hydrogen (secondary N) is 1. The second kappa shape index (κ2) is 7.22. The quantitative estimate of drug-likeness (QED) is 0.749. The molecule has 0 radical (unpaired) electrons. The molecule has 5 heteroatoms. The van der Waals surface area contributed by atoms with Crippen molar-refractivity contribution < 1.29 is 14.3 Å². The fourth-order valence-electron chi connectivity index (χ4n) is 2.91. The summed E-state index contributed by atoms with van der Waals surface area (Å²) in [4.78, 5) is 12.0. The van der Waals surface area contributed by atoms with Crippen molar-refractivity contribution in [3.63, 3.8) is 0 Å². The Kier molecular flexibility index (Phi) is 5.60. The number of carbonyl (C=O) groups excluding carboxylic acids is 1. The van der Waals surface area contributed by atoms with Gasteiger partial charge in [-0.15, -0.1) is 0 Å². The Labute approximate surface area is 115 Å². The number of ether oxygens (including phenoxy) is 2. The summed E-state index contributed by atoms with van der Waals surface area (Å²) in [7, 11) is 0. The molecule has 19 heavy (non-hydrogen) atoms. The third kappa shape index (κ3) is 4.16. The molecule has 2 rings (SSSR count). The highest BCUT2D eigenvalue weighted by Gasteiger charge is 2.29. The van der Waals surface area contributed by atoms with E-state index in [1.54, 1.807) is 6.92 Å². The first kappa shape index (κ1) is 14.8. The smallest absolute Gasteiger partial charge is 0.249 e. The fraction of sp³-hybridized carbons (Fsp3) is 0.929. The number of hydrogen-bond acceptors (Lipinski definition) is 4. The number of hydrogen-bond donors (Lipinski definition) is 2. The molecule has 0 aromatic rings. The minimum Gasteiger partial charge on any atom is -0.376 e. The largest absolute Gasteiger partial charge is 0.376 e. The van der Waals surface area contributed by atoms with Gasteiger partial charge in [-0.2, -0.15) is 0 Å². The van der Waals surface area contributed by atoms with E-state index >= 15 is 0 Å². The lowest BCUT2D eigenvalue weighted by atomic mass is 10.0. The molecular formula is C14H26N2O3.